The third-order valence-corrected chi connectivity index (χ3v) is 4.57. The summed E-state index contributed by atoms with van der Waals surface area (Å²) in [5.41, 5.74) is 0.734. The highest BCUT2D eigenvalue weighted by Crippen LogP contribution is 2.27. The van der Waals surface area contributed by atoms with Gasteiger partial charge in [-0.2, -0.15) is 0 Å². The van der Waals surface area contributed by atoms with Crippen LogP contribution in [0.3, 0.4) is 0 Å². The molecule has 1 N–H and O–H groups in total. The Morgan fingerprint density at radius 3 is 2.25 bits per heavy atom. The lowest BCUT2D eigenvalue weighted by molar-refractivity contribution is -0.387. The van der Waals surface area contributed by atoms with Gasteiger partial charge in [-0.05, 0) is 44.9 Å². The van der Waals surface area contributed by atoms with Crippen LogP contribution in [-0.2, 0) is 14.8 Å². The molecule has 0 amide bonds. The Balaban J connectivity index is 3.41. The highest BCUT2D eigenvalue weighted by Gasteiger charge is 2.28. The van der Waals surface area contributed by atoms with Gasteiger partial charge < -0.3 is 0 Å². The first-order chi connectivity index (χ1) is 9.06. The first-order valence-electron chi connectivity index (χ1n) is 5.84. The molecule has 1 rings (SSSR count). The Kier molecular flexibility index (Phi) is 4.61. The molecule has 0 heterocycles. The number of carbonyl (C=O) groups is 1. The number of aryl methyl sites for hydroxylation is 2. The Morgan fingerprint density at radius 1 is 1.30 bits per heavy atom. The highest BCUT2D eigenvalue weighted by molar-refractivity contribution is 7.89. The molecule has 0 aliphatic carbocycles. The Morgan fingerprint density at radius 2 is 1.80 bits per heavy atom. The number of benzene rings is 1. The van der Waals surface area contributed by atoms with Gasteiger partial charge in [0.1, 0.15) is 5.78 Å². The maximum atomic E-state index is 12.2. The fourth-order valence-corrected chi connectivity index (χ4v) is 3.01. The van der Waals surface area contributed by atoms with Crippen molar-refractivity contribution in [1.29, 1.82) is 0 Å². The summed E-state index contributed by atoms with van der Waals surface area (Å²) in [4.78, 5) is 20.9. The van der Waals surface area contributed by atoms with Crippen LogP contribution in [0.5, 0.6) is 0 Å². The van der Waals surface area contributed by atoms with E-state index < -0.39 is 31.6 Å². The van der Waals surface area contributed by atoms with E-state index in [0.717, 1.165) is 0 Å². The van der Waals surface area contributed by atoms with Crippen molar-refractivity contribution in [2.24, 2.45) is 0 Å². The molecule has 0 spiro atoms. The van der Waals surface area contributed by atoms with Crippen LogP contribution in [0.15, 0.2) is 17.0 Å². The van der Waals surface area contributed by atoms with Crippen LogP contribution in [0.1, 0.15) is 25.0 Å². The molecule has 1 atom stereocenters. The summed E-state index contributed by atoms with van der Waals surface area (Å²) in [7, 11) is -4.13. The van der Waals surface area contributed by atoms with Gasteiger partial charge in [0.2, 0.25) is 10.0 Å². The summed E-state index contributed by atoms with van der Waals surface area (Å²) in [6.07, 6.45) is 0. The second-order valence-corrected chi connectivity index (χ2v) is 6.30. The molecule has 0 aromatic heterocycles. The van der Waals surface area contributed by atoms with Gasteiger partial charge in [0.25, 0.3) is 5.69 Å². The summed E-state index contributed by atoms with van der Waals surface area (Å²) >= 11 is 0. The van der Waals surface area contributed by atoms with Crippen LogP contribution in [0.2, 0.25) is 0 Å². The zero-order chi connectivity index (χ0) is 15.7. The molecule has 0 saturated heterocycles. The van der Waals surface area contributed by atoms with Crippen LogP contribution in [0.4, 0.5) is 5.69 Å². The minimum absolute atomic E-state index is 0.375. The number of nitrogens with zero attached hydrogens (tertiary/aromatic N) is 1. The number of hydrogen-bond donors (Lipinski definition) is 1. The molecule has 0 saturated carbocycles. The van der Waals surface area contributed by atoms with E-state index in [9.17, 15) is 23.3 Å². The standard InChI is InChI=1S/C12H16N2O5S/c1-7-5-11(14(16)17)12(6-8(7)2)20(18,19)13-9(3)10(4)15/h5-6,9,13H,1-4H3. The normalized spacial score (nSPS) is 13.0. The molecular weight excluding hydrogens is 284 g/mol. The molecule has 20 heavy (non-hydrogen) atoms. The van der Waals surface area contributed by atoms with Gasteiger partial charge in [-0.25, -0.2) is 13.1 Å². The molecule has 1 aromatic carbocycles. The lowest BCUT2D eigenvalue weighted by atomic mass is 10.1. The van der Waals surface area contributed by atoms with E-state index in [1.165, 1.54) is 26.0 Å². The maximum Gasteiger partial charge on any atom is 0.289 e. The van der Waals surface area contributed by atoms with Gasteiger partial charge in [0.15, 0.2) is 4.90 Å². The summed E-state index contributed by atoms with van der Waals surface area (Å²) in [5.74, 6) is -0.375. The van der Waals surface area contributed by atoms with Gasteiger partial charge >= 0.3 is 0 Å². The molecule has 110 valence electrons. The third kappa shape index (κ3) is 3.40. The van der Waals surface area contributed by atoms with Crippen molar-refractivity contribution < 1.29 is 18.1 Å². The van der Waals surface area contributed by atoms with E-state index in [4.69, 9.17) is 0 Å². The van der Waals surface area contributed by atoms with Crippen LogP contribution in [0.25, 0.3) is 0 Å². The minimum atomic E-state index is -4.13. The van der Waals surface area contributed by atoms with Crippen LogP contribution < -0.4 is 4.72 Å². The molecule has 8 heteroatoms. The molecule has 0 radical (unpaired) electrons. The summed E-state index contributed by atoms with van der Waals surface area (Å²) in [6, 6.07) is 1.51. The predicted octanol–water partition coefficient (Wildman–Crippen LogP) is 1.47. The first kappa shape index (κ1) is 16.3. The quantitative estimate of drug-likeness (QED) is 0.654. The fraction of sp³-hybridized carbons (Fsp3) is 0.417. The van der Waals surface area contributed by atoms with Crippen molar-refractivity contribution in [2.75, 3.05) is 0 Å². The predicted molar refractivity (Wildman–Crippen MR) is 73.0 cm³/mol. The number of nitro groups is 1. The Hall–Kier alpha value is -1.80. The number of nitrogens with one attached hydrogen (secondary N) is 1. The molecule has 0 fully saturated rings. The molecule has 1 unspecified atom stereocenters. The van der Waals surface area contributed by atoms with E-state index in [2.05, 4.69) is 4.72 Å². The van der Waals surface area contributed by atoms with E-state index in [1.807, 2.05) is 0 Å². The van der Waals surface area contributed by atoms with E-state index >= 15 is 0 Å². The second-order valence-electron chi connectivity index (χ2n) is 4.61. The van der Waals surface area contributed by atoms with Gasteiger partial charge in [-0.15, -0.1) is 0 Å². The smallest absolute Gasteiger partial charge is 0.289 e. The number of Topliss-reactive ketones (excluding diaryl/α,β-unsaturated/α-hetero) is 1. The van der Waals surface area contributed by atoms with Crippen molar-refractivity contribution in [2.45, 2.75) is 38.6 Å². The van der Waals surface area contributed by atoms with Crippen molar-refractivity contribution in [1.82, 2.24) is 4.72 Å². The number of carbonyl (C=O) groups excluding carboxylic acids is 1. The zero-order valence-electron chi connectivity index (χ0n) is 11.6. The number of sulfonamides is 1. The number of nitro benzene ring substituents is 1. The maximum absolute atomic E-state index is 12.2. The molecule has 0 aliphatic heterocycles. The molecule has 0 aliphatic rings. The summed E-state index contributed by atoms with van der Waals surface area (Å²) < 4.78 is 26.5. The largest absolute Gasteiger partial charge is 0.298 e. The zero-order valence-corrected chi connectivity index (χ0v) is 12.4. The van der Waals surface area contributed by atoms with E-state index in [1.54, 1.807) is 13.8 Å². The molecular formula is C12H16N2O5S. The lowest BCUT2D eigenvalue weighted by Crippen LogP contribution is -2.37. The SMILES string of the molecule is CC(=O)C(C)NS(=O)(=O)c1cc(C)c(C)cc1[N+](=O)[O-]. The average molecular weight is 300 g/mol. The number of rotatable bonds is 5. The molecule has 0 bridgehead atoms. The van der Waals surface area contributed by atoms with Crippen molar-refractivity contribution in [3.05, 3.63) is 33.4 Å². The minimum Gasteiger partial charge on any atom is -0.298 e. The van der Waals surface area contributed by atoms with Gasteiger partial charge in [0.05, 0.1) is 11.0 Å². The van der Waals surface area contributed by atoms with Crippen molar-refractivity contribution >= 4 is 21.5 Å². The fourth-order valence-electron chi connectivity index (χ4n) is 1.51. The molecule has 7 nitrogen and oxygen atoms in total. The van der Waals surface area contributed by atoms with E-state index in [-0.39, 0.29) is 5.78 Å². The van der Waals surface area contributed by atoms with Crippen molar-refractivity contribution in [3.8, 4) is 0 Å². The summed E-state index contributed by atoms with van der Waals surface area (Å²) in [6.45, 7) is 5.94. The van der Waals surface area contributed by atoms with Crippen LogP contribution >= 0.6 is 0 Å². The first-order valence-corrected chi connectivity index (χ1v) is 7.33. The van der Waals surface area contributed by atoms with Crippen LogP contribution in [-0.4, -0.2) is 25.2 Å². The topological polar surface area (TPSA) is 106 Å². The van der Waals surface area contributed by atoms with Gasteiger partial charge in [-0.1, -0.05) is 0 Å². The summed E-state index contributed by atoms with van der Waals surface area (Å²) in [5, 5.41) is 11.0. The van der Waals surface area contributed by atoms with Gasteiger partial charge in [0, 0.05) is 6.07 Å². The monoisotopic (exact) mass is 300 g/mol. The van der Waals surface area contributed by atoms with Gasteiger partial charge in [-0.3, -0.25) is 14.9 Å². The Labute approximate surface area is 117 Å². The van der Waals surface area contributed by atoms with Crippen LogP contribution in [0, 0.1) is 24.0 Å². The average Bonchev–Trinajstić information content (AvgIpc) is 2.30. The number of ketones is 1. The number of hydrogen-bond acceptors (Lipinski definition) is 5. The lowest BCUT2D eigenvalue weighted by Gasteiger charge is -2.12. The second kappa shape index (κ2) is 5.68. The third-order valence-electron chi connectivity index (χ3n) is 3.00. The van der Waals surface area contributed by atoms with Crippen molar-refractivity contribution in [3.63, 3.8) is 0 Å². The molecule has 1 aromatic rings. The Bertz CT molecular complexity index is 667. The van der Waals surface area contributed by atoms with E-state index in [0.29, 0.717) is 11.1 Å². The highest BCUT2D eigenvalue weighted by atomic mass is 32.2.